The molecule has 0 fully saturated rings. The third-order valence-electron chi connectivity index (χ3n) is 2.72. The fraction of sp³-hybridized carbons (Fsp3) is 0.462. The van der Waals surface area contributed by atoms with Gasteiger partial charge in [-0.3, -0.25) is 0 Å². The number of thiazole rings is 1. The Bertz CT molecular complexity index is 467. The average Bonchev–Trinajstić information content (AvgIpc) is 2.97. The maximum Gasteiger partial charge on any atom is 0.132 e. The predicted octanol–water partition coefficient (Wildman–Crippen LogP) is 2.65. The number of hydrogen-bond acceptors (Lipinski definition) is 5. The summed E-state index contributed by atoms with van der Waals surface area (Å²) < 4.78 is 5.17. The molecule has 0 aliphatic rings. The highest BCUT2D eigenvalue weighted by molar-refractivity contribution is 7.09. The standard InChI is InChI=1S/C13H18N2O2S/c1-9(6-11(16)12-4-3-5-17-12)14-7-13-15-10(2)8-18-13/h3-5,8-9,11,14,16H,6-7H2,1-2H3/t9-,11+/m0/s1. The molecule has 2 heterocycles. The third kappa shape index (κ3) is 3.66. The first-order valence-electron chi connectivity index (χ1n) is 6.01. The second kappa shape index (κ2) is 6.13. The summed E-state index contributed by atoms with van der Waals surface area (Å²) >= 11 is 1.65. The third-order valence-corrected chi connectivity index (χ3v) is 3.68. The summed E-state index contributed by atoms with van der Waals surface area (Å²) in [6.07, 6.45) is 1.65. The van der Waals surface area contributed by atoms with Crippen LogP contribution in [0.25, 0.3) is 0 Å². The summed E-state index contributed by atoms with van der Waals surface area (Å²) in [6, 6.07) is 3.78. The van der Waals surface area contributed by atoms with E-state index < -0.39 is 6.10 Å². The van der Waals surface area contributed by atoms with E-state index in [0.29, 0.717) is 12.2 Å². The van der Waals surface area contributed by atoms with Gasteiger partial charge in [0.25, 0.3) is 0 Å². The van der Waals surface area contributed by atoms with Gasteiger partial charge in [-0.25, -0.2) is 4.98 Å². The molecule has 0 spiro atoms. The first kappa shape index (κ1) is 13.3. The normalized spacial score (nSPS) is 14.6. The number of nitrogens with zero attached hydrogens (tertiary/aromatic N) is 1. The highest BCUT2D eigenvalue weighted by Gasteiger charge is 2.14. The molecule has 5 heteroatoms. The molecule has 0 unspecified atom stereocenters. The lowest BCUT2D eigenvalue weighted by Crippen LogP contribution is -2.27. The molecule has 2 atom stereocenters. The van der Waals surface area contributed by atoms with E-state index in [0.717, 1.165) is 17.2 Å². The number of hydrogen-bond donors (Lipinski definition) is 2. The van der Waals surface area contributed by atoms with Crippen molar-refractivity contribution in [2.24, 2.45) is 0 Å². The van der Waals surface area contributed by atoms with Gasteiger partial charge < -0.3 is 14.8 Å². The quantitative estimate of drug-likeness (QED) is 0.844. The molecule has 0 saturated carbocycles. The molecule has 98 valence electrons. The molecule has 0 bridgehead atoms. The molecular weight excluding hydrogens is 248 g/mol. The summed E-state index contributed by atoms with van der Waals surface area (Å²) in [5.74, 6) is 0.619. The Labute approximate surface area is 111 Å². The van der Waals surface area contributed by atoms with E-state index in [2.05, 4.69) is 10.3 Å². The lowest BCUT2D eigenvalue weighted by atomic mass is 10.1. The van der Waals surface area contributed by atoms with Gasteiger partial charge >= 0.3 is 0 Å². The fourth-order valence-electron chi connectivity index (χ4n) is 1.76. The number of rotatable bonds is 6. The highest BCUT2D eigenvalue weighted by Crippen LogP contribution is 2.18. The number of aliphatic hydroxyl groups is 1. The Kier molecular flexibility index (Phi) is 4.52. The molecular formula is C13H18N2O2S. The van der Waals surface area contributed by atoms with Crippen LogP contribution in [-0.2, 0) is 6.54 Å². The van der Waals surface area contributed by atoms with Crippen LogP contribution in [-0.4, -0.2) is 16.1 Å². The van der Waals surface area contributed by atoms with Gasteiger partial charge in [0.2, 0.25) is 0 Å². The van der Waals surface area contributed by atoms with Crippen LogP contribution in [0.4, 0.5) is 0 Å². The molecule has 0 aliphatic heterocycles. The zero-order valence-corrected chi connectivity index (χ0v) is 11.4. The molecule has 2 aromatic rings. The monoisotopic (exact) mass is 266 g/mol. The molecule has 2 N–H and O–H groups in total. The topological polar surface area (TPSA) is 58.3 Å². The van der Waals surface area contributed by atoms with Crippen molar-refractivity contribution in [2.45, 2.75) is 39.0 Å². The summed E-state index contributed by atoms with van der Waals surface area (Å²) in [4.78, 5) is 4.39. The van der Waals surface area contributed by atoms with Crippen LogP contribution >= 0.6 is 11.3 Å². The van der Waals surface area contributed by atoms with E-state index in [4.69, 9.17) is 4.42 Å². The molecule has 0 aliphatic carbocycles. The van der Waals surface area contributed by atoms with Gasteiger partial charge in [-0.15, -0.1) is 11.3 Å². The molecule has 0 amide bonds. The molecule has 0 aromatic carbocycles. The molecule has 2 aromatic heterocycles. The van der Waals surface area contributed by atoms with Gasteiger partial charge in [-0.2, -0.15) is 0 Å². The maximum atomic E-state index is 9.93. The predicted molar refractivity (Wildman–Crippen MR) is 71.4 cm³/mol. The van der Waals surface area contributed by atoms with Crippen molar-refractivity contribution in [3.05, 3.63) is 40.2 Å². The van der Waals surface area contributed by atoms with Crippen molar-refractivity contribution < 1.29 is 9.52 Å². The largest absolute Gasteiger partial charge is 0.467 e. The Balaban J connectivity index is 1.76. The number of aliphatic hydroxyl groups excluding tert-OH is 1. The SMILES string of the molecule is Cc1csc(CN[C@@H](C)C[C@@H](O)c2ccco2)n1. The summed E-state index contributed by atoms with van der Waals surface area (Å²) in [6.45, 7) is 4.78. The number of aromatic nitrogens is 1. The van der Waals surface area contributed by atoms with Crippen molar-refractivity contribution >= 4 is 11.3 Å². The second-order valence-electron chi connectivity index (χ2n) is 4.43. The van der Waals surface area contributed by atoms with E-state index in [1.54, 1.807) is 29.7 Å². The van der Waals surface area contributed by atoms with Gasteiger partial charge in [0.1, 0.15) is 16.9 Å². The van der Waals surface area contributed by atoms with Crippen LogP contribution in [0.1, 0.15) is 35.9 Å². The first-order valence-corrected chi connectivity index (χ1v) is 6.89. The zero-order chi connectivity index (χ0) is 13.0. The van der Waals surface area contributed by atoms with Gasteiger partial charge in [-0.1, -0.05) is 0 Å². The van der Waals surface area contributed by atoms with Crippen LogP contribution in [0.15, 0.2) is 28.2 Å². The molecule has 18 heavy (non-hydrogen) atoms. The van der Waals surface area contributed by atoms with Crippen molar-refractivity contribution in [3.63, 3.8) is 0 Å². The summed E-state index contributed by atoms with van der Waals surface area (Å²) in [7, 11) is 0. The minimum atomic E-state index is -0.555. The average molecular weight is 266 g/mol. The molecule has 4 nitrogen and oxygen atoms in total. The summed E-state index contributed by atoms with van der Waals surface area (Å²) in [5, 5.41) is 16.4. The number of aryl methyl sites for hydroxylation is 1. The van der Waals surface area contributed by atoms with Crippen molar-refractivity contribution in [3.8, 4) is 0 Å². The van der Waals surface area contributed by atoms with E-state index in [1.165, 1.54) is 0 Å². The summed E-state index contributed by atoms with van der Waals surface area (Å²) in [5.41, 5.74) is 1.06. The Morgan fingerprint density at radius 3 is 3.00 bits per heavy atom. The van der Waals surface area contributed by atoms with Crippen molar-refractivity contribution in [2.75, 3.05) is 0 Å². The van der Waals surface area contributed by atoms with Gasteiger partial charge in [0, 0.05) is 23.7 Å². The first-order chi connectivity index (χ1) is 8.65. The van der Waals surface area contributed by atoms with Crippen LogP contribution in [0.5, 0.6) is 0 Å². The molecule has 0 saturated heterocycles. The zero-order valence-electron chi connectivity index (χ0n) is 10.6. The Morgan fingerprint density at radius 1 is 1.56 bits per heavy atom. The lowest BCUT2D eigenvalue weighted by molar-refractivity contribution is 0.128. The molecule has 2 rings (SSSR count). The van der Waals surface area contributed by atoms with Crippen LogP contribution in [0.2, 0.25) is 0 Å². The van der Waals surface area contributed by atoms with E-state index in [1.807, 2.05) is 19.2 Å². The van der Waals surface area contributed by atoms with E-state index >= 15 is 0 Å². The van der Waals surface area contributed by atoms with Crippen molar-refractivity contribution in [1.82, 2.24) is 10.3 Å². The van der Waals surface area contributed by atoms with Gasteiger partial charge in [-0.05, 0) is 32.4 Å². The maximum absolute atomic E-state index is 9.93. The number of furan rings is 1. The minimum Gasteiger partial charge on any atom is -0.467 e. The Morgan fingerprint density at radius 2 is 2.39 bits per heavy atom. The van der Waals surface area contributed by atoms with Gasteiger partial charge in [0.15, 0.2) is 0 Å². The fourth-order valence-corrected chi connectivity index (χ4v) is 2.48. The smallest absolute Gasteiger partial charge is 0.132 e. The van der Waals surface area contributed by atoms with Crippen molar-refractivity contribution in [1.29, 1.82) is 0 Å². The van der Waals surface area contributed by atoms with Crippen LogP contribution in [0.3, 0.4) is 0 Å². The number of nitrogens with one attached hydrogen (secondary N) is 1. The lowest BCUT2D eigenvalue weighted by Gasteiger charge is -2.15. The van der Waals surface area contributed by atoms with Crippen LogP contribution in [0, 0.1) is 6.92 Å². The minimum absolute atomic E-state index is 0.203. The van der Waals surface area contributed by atoms with Crippen LogP contribution < -0.4 is 5.32 Å². The second-order valence-corrected chi connectivity index (χ2v) is 5.37. The highest BCUT2D eigenvalue weighted by atomic mass is 32.1. The van der Waals surface area contributed by atoms with E-state index in [-0.39, 0.29) is 6.04 Å². The Hall–Kier alpha value is -1.17. The van der Waals surface area contributed by atoms with Gasteiger partial charge in [0.05, 0.1) is 6.26 Å². The molecule has 0 radical (unpaired) electrons. The van der Waals surface area contributed by atoms with E-state index in [9.17, 15) is 5.11 Å².